The summed E-state index contributed by atoms with van der Waals surface area (Å²) in [6, 6.07) is 12.8. The third kappa shape index (κ3) is 7.25. The number of anilines is 2. The van der Waals surface area contributed by atoms with E-state index in [1.807, 2.05) is 31.4 Å². The molecule has 2 heterocycles. The number of hydrogen-bond donors (Lipinski definition) is 1. The molecule has 1 aromatic carbocycles. The van der Waals surface area contributed by atoms with Crippen molar-refractivity contribution in [1.29, 1.82) is 0 Å². The van der Waals surface area contributed by atoms with Gasteiger partial charge in [-0.3, -0.25) is 4.79 Å². The maximum atomic E-state index is 14.3. The summed E-state index contributed by atoms with van der Waals surface area (Å²) in [6.45, 7) is 0.734. The van der Waals surface area contributed by atoms with Crippen molar-refractivity contribution in [2.75, 3.05) is 37.5 Å². The molecule has 3 fully saturated rings. The van der Waals surface area contributed by atoms with Crippen LogP contribution in [0.1, 0.15) is 86.6 Å². The smallest absolute Gasteiger partial charge is 0.407 e. The van der Waals surface area contributed by atoms with Crippen LogP contribution in [0, 0.1) is 11.8 Å². The summed E-state index contributed by atoms with van der Waals surface area (Å²) < 4.78 is 5.50. The number of amides is 2. The molecule has 44 heavy (non-hydrogen) atoms. The maximum Gasteiger partial charge on any atom is 0.407 e. The monoisotopic (exact) mass is 615 g/mol. The van der Waals surface area contributed by atoms with E-state index in [-0.39, 0.29) is 17.9 Å². The second-order valence-electron chi connectivity index (χ2n) is 13.0. The minimum atomic E-state index is -0.397. The highest BCUT2D eigenvalue weighted by Crippen LogP contribution is 2.44. The summed E-state index contributed by atoms with van der Waals surface area (Å²) in [7, 11) is 5.61. The Morgan fingerprint density at radius 2 is 1.66 bits per heavy atom. The average molecular weight is 616 g/mol. The molecular weight excluding hydrogens is 570 g/mol. The lowest BCUT2D eigenvalue weighted by Crippen LogP contribution is -2.42. The first kappa shape index (κ1) is 30.6. The minimum absolute atomic E-state index is 0.0642. The van der Waals surface area contributed by atoms with Crippen molar-refractivity contribution in [3.8, 4) is 10.4 Å². The molecule has 6 rings (SSSR count). The summed E-state index contributed by atoms with van der Waals surface area (Å²) in [6.07, 6.45) is 13.3. The van der Waals surface area contributed by atoms with Gasteiger partial charge in [-0.15, -0.1) is 11.3 Å². The number of ether oxygens (including phenoxy) is 1. The van der Waals surface area contributed by atoms with Crippen LogP contribution in [0.25, 0.3) is 10.4 Å². The van der Waals surface area contributed by atoms with Crippen LogP contribution >= 0.6 is 11.3 Å². The predicted molar refractivity (Wildman–Crippen MR) is 176 cm³/mol. The standard InChI is InChI=1S/C35H45N5O3S/c1-36-35(42)43-30-16-13-26(14-17-30)34(41)40(29-6-4-5-27(19-29)31-21-38-33(44-31)25-11-12-25)22-23-7-9-24(10-8-23)28-15-18-32(37-20-28)39(2)3/h4-6,15,18-21,23-26,30H,7-14,16-17,22H2,1-3H3,(H,36,42)/t23-,24-,26-,30-. The minimum Gasteiger partial charge on any atom is -0.446 e. The highest BCUT2D eigenvalue weighted by Gasteiger charge is 2.34. The van der Waals surface area contributed by atoms with Gasteiger partial charge in [-0.25, -0.2) is 14.8 Å². The van der Waals surface area contributed by atoms with Crippen LogP contribution in [-0.2, 0) is 9.53 Å². The van der Waals surface area contributed by atoms with E-state index in [1.165, 1.54) is 28.3 Å². The number of alkyl carbamates (subject to hydrolysis) is 1. The van der Waals surface area contributed by atoms with Gasteiger partial charge in [0, 0.05) is 57.6 Å². The quantitative estimate of drug-likeness (QED) is 0.270. The number of nitrogens with one attached hydrogen (secondary N) is 1. The molecule has 3 saturated carbocycles. The normalized spacial score (nSPS) is 23.5. The third-order valence-electron chi connectivity index (χ3n) is 9.65. The molecule has 2 amide bonds. The first-order valence-electron chi connectivity index (χ1n) is 16.3. The first-order chi connectivity index (χ1) is 21.4. The van der Waals surface area contributed by atoms with E-state index in [9.17, 15) is 9.59 Å². The van der Waals surface area contributed by atoms with Crippen LogP contribution in [0.15, 0.2) is 48.8 Å². The Bertz CT molecular complexity index is 1420. The molecule has 0 atom stereocenters. The fourth-order valence-corrected chi connectivity index (χ4v) is 7.87. The Kier molecular flexibility index (Phi) is 9.50. The van der Waals surface area contributed by atoms with Crippen LogP contribution in [-0.4, -0.2) is 55.8 Å². The Labute approximate surface area is 265 Å². The van der Waals surface area contributed by atoms with Crippen molar-refractivity contribution in [2.45, 2.75) is 82.1 Å². The Hall–Kier alpha value is -3.46. The molecule has 0 saturated heterocycles. The zero-order chi connectivity index (χ0) is 30.6. The largest absolute Gasteiger partial charge is 0.446 e. The zero-order valence-electron chi connectivity index (χ0n) is 26.2. The van der Waals surface area contributed by atoms with Crippen molar-refractivity contribution in [3.05, 3.63) is 59.4 Å². The number of carbonyl (C=O) groups excluding carboxylic acids is 2. The predicted octanol–water partition coefficient (Wildman–Crippen LogP) is 7.37. The van der Waals surface area contributed by atoms with E-state index in [4.69, 9.17) is 9.72 Å². The molecule has 0 aliphatic heterocycles. The summed E-state index contributed by atoms with van der Waals surface area (Å²) >= 11 is 1.79. The summed E-state index contributed by atoms with van der Waals surface area (Å²) in [5.74, 6) is 2.72. The molecule has 0 unspecified atom stereocenters. The zero-order valence-corrected chi connectivity index (χ0v) is 27.0. The number of hydrogen-bond acceptors (Lipinski definition) is 7. The van der Waals surface area contributed by atoms with E-state index in [0.717, 1.165) is 62.1 Å². The van der Waals surface area contributed by atoms with E-state index < -0.39 is 6.09 Å². The molecule has 3 aliphatic carbocycles. The number of carbonyl (C=O) groups is 2. The van der Waals surface area contributed by atoms with Crippen LogP contribution in [0.5, 0.6) is 0 Å². The van der Waals surface area contributed by atoms with Crippen molar-refractivity contribution >= 4 is 34.8 Å². The lowest BCUT2D eigenvalue weighted by atomic mass is 9.78. The Balaban J connectivity index is 1.16. The van der Waals surface area contributed by atoms with Gasteiger partial charge in [0.1, 0.15) is 11.9 Å². The second-order valence-corrected chi connectivity index (χ2v) is 14.1. The molecule has 0 spiro atoms. The van der Waals surface area contributed by atoms with E-state index in [2.05, 4.69) is 51.6 Å². The highest BCUT2D eigenvalue weighted by molar-refractivity contribution is 7.15. The van der Waals surface area contributed by atoms with Crippen LogP contribution in [0.4, 0.5) is 16.3 Å². The molecule has 2 aromatic heterocycles. The van der Waals surface area contributed by atoms with Gasteiger partial charge in [-0.05, 0) is 105 Å². The number of aromatic nitrogens is 2. The van der Waals surface area contributed by atoms with Crippen LogP contribution < -0.4 is 15.1 Å². The van der Waals surface area contributed by atoms with Crippen molar-refractivity contribution in [1.82, 2.24) is 15.3 Å². The lowest BCUT2D eigenvalue weighted by molar-refractivity contribution is -0.124. The van der Waals surface area contributed by atoms with Crippen molar-refractivity contribution < 1.29 is 14.3 Å². The van der Waals surface area contributed by atoms with Crippen LogP contribution in [0.2, 0.25) is 0 Å². The molecular formula is C35H45N5O3S. The Morgan fingerprint density at radius 3 is 2.32 bits per heavy atom. The molecule has 1 N–H and O–H groups in total. The molecule has 3 aromatic rings. The number of benzene rings is 1. The maximum absolute atomic E-state index is 14.3. The van der Waals surface area contributed by atoms with Gasteiger partial charge in [-0.1, -0.05) is 18.2 Å². The van der Waals surface area contributed by atoms with Gasteiger partial charge in [0.15, 0.2) is 0 Å². The SMILES string of the molecule is CNC(=O)O[C@H]1CC[C@H](C(=O)N(C[C@H]2CC[C@H](c3ccc(N(C)C)nc3)CC2)c2cccc(-c3cnc(C4CC4)s3)c2)CC1. The summed E-state index contributed by atoms with van der Waals surface area (Å²) in [5.41, 5.74) is 3.42. The topological polar surface area (TPSA) is 87.7 Å². The van der Waals surface area contributed by atoms with Gasteiger partial charge >= 0.3 is 6.09 Å². The van der Waals surface area contributed by atoms with Gasteiger partial charge in [0.05, 0.1) is 9.88 Å². The highest BCUT2D eigenvalue weighted by atomic mass is 32.1. The molecule has 0 bridgehead atoms. The second kappa shape index (κ2) is 13.7. The summed E-state index contributed by atoms with van der Waals surface area (Å²) in [4.78, 5) is 40.6. The van der Waals surface area contributed by atoms with Crippen molar-refractivity contribution in [3.63, 3.8) is 0 Å². The van der Waals surface area contributed by atoms with E-state index in [0.29, 0.717) is 30.6 Å². The first-order valence-corrected chi connectivity index (χ1v) is 17.1. The molecule has 8 nitrogen and oxygen atoms in total. The van der Waals surface area contributed by atoms with Gasteiger partial charge < -0.3 is 19.9 Å². The van der Waals surface area contributed by atoms with Gasteiger partial charge in [0.25, 0.3) is 0 Å². The van der Waals surface area contributed by atoms with Crippen LogP contribution in [0.3, 0.4) is 0 Å². The average Bonchev–Trinajstić information content (AvgIpc) is 3.79. The van der Waals surface area contributed by atoms with Gasteiger partial charge in [-0.2, -0.15) is 0 Å². The fourth-order valence-electron chi connectivity index (χ4n) is 6.79. The number of thiazole rings is 1. The molecule has 3 aliphatic rings. The van der Waals surface area contributed by atoms with Crippen molar-refractivity contribution in [2.24, 2.45) is 11.8 Å². The fraction of sp³-hybridized carbons (Fsp3) is 0.543. The number of nitrogens with zero attached hydrogens (tertiary/aromatic N) is 4. The van der Waals surface area contributed by atoms with E-state index in [1.54, 1.807) is 18.4 Å². The number of pyridine rings is 1. The van der Waals surface area contributed by atoms with Gasteiger partial charge in [0.2, 0.25) is 5.91 Å². The molecule has 9 heteroatoms. The summed E-state index contributed by atoms with van der Waals surface area (Å²) in [5, 5.41) is 3.77. The lowest BCUT2D eigenvalue weighted by Gasteiger charge is -2.36. The van der Waals surface area contributed by atoms with E-state index >= 15 is 0 Å². The molecule has 234 valence electrons. The third-order valence-corrected chi connectivity index (χ3v) is 10.9. The Morgan fingerprint density at radius 1 is 0.909 bits per heavy atom. The molecule has 0 radical (unpaired) electrons. The number of rotatable bonds is 9.